The Morgan fingerprint density at radius 2 is 1.96 bits per heavy atom. The van der Waals surface area contributed by atoms with E-state index in [-0.39, 0.29) is 5.91 Å². The zero-order valence-electron chi connectivity index (χ0n) is 13.0. The molecule has 2 aromatic heterocycles. The number of amides is 1. The van der Waals surface area contributed by atoms with E-state index in [0.29, 0.717) is 17.1 Å². The van der Waals surface area contributed by atoms with Crippen molar-refractivity contribution in [3.63, 3.8) is 0 Å². The topological polar surface area (TPSA) is 72.7 Å². The summed E-state index contributed by atoms with van der Waals surface area (Å²) in [4.78, 5) is 12.5. The number of hydrogen-bond acceptors (Lipinski definition) is 5. The van der Waals surface area contributed by atoms with E-state index in [1.807, 2.05) is 44.2 Å². The van der Waals surface area contributed by atoms with Crippen molar-refractivity contribution in [1.29, 1.82) is 0 Å². The molecule has 0 bridgehead atoms. The number of rotatable bonds is 5. The van der Waals surface area contributed by atoms with Crippen LogP contribution in [-0.4, -0.2) is 25.9 Å². The van der Waals surface area contributed by atoms with Crippen LogP contribution >= 0.6 is 11.3 Å². The maximum Gasteiger partial charge on any atom is 0.260 e. The monoisotopic (exact) mass is 327 g/mol. The van der Waals surface area contributed by atoms with Gasteiger partial charge in [0.2, 0.25) is 5.13 Å². The molecule has 1 aromatic carbocycles. The SMILES string of the molecule is CCc1nnc(NC(=O)c2cnn(-c3ccccc3)c2CC)s1. The van der Waals surface area contributed by atoms with E-state index < -0.39 is 0 Å². The van der Waals surface area contributed by atoms with Gasteiger partial charge in [-0.2, -0.15) is 5.10 Å². The van der Waals surface area contributed by atoms with Gasteiger partial charge < -0.3 is 0 Å². The van der Waals surface area contributed by atoms with E-state index >= 15 is 0 Å². The molecule has 0 aliphatic rings. The van der Waals surface area contributed by atoms with Crippen molar-refractivity contribution in [2.45, 2.75) is 26.7 Å². The molecule has 3 rings (SSSR count). The van der Waals surface area contributed by atoms with E-state index in [1.54, 1.807) is 10.9 Å². The molecule has 1 amide bonds. The molecule has 6 nitrogen and oxygen atoms in total. The van der Waals surface area contributed by atoms with Gasteiger partial charge in [-0.25, -0.2) is 4.68 Å². The lowest BCUT2D eigenvalue weighted by Gasteiger charge is -2.07. The number of anilines is 1. The summed E-state index contributed by atoms with van der Waals surface area (Å²) in [5.41, 5.74) is 2.37. The van der Waals surface area contributed by atoms with Crippen LogP contribution in [0.3, 0.4) is 0 Å². The summed E-state index contributed by atoms with van der Waals surface area (Å²) >= 11 is 1.39. The molecule has 0 radical (unpaired) electrons. The molecule has 0 fully saturated rings. The van der Waals surface area contributed by atoms with Crippen LogP contribution in [0.2, 0.25) is 0 Å². The molecule has 0 spiro atoms. The fourth-order valence-electron chi connectivity index (χ4n) is 2.31. The van der Waals surface area contributed by atoms with E-state index in [1.165, 1.54) is 11.3 Å². The molecule has 23 heavy (non-hydrogen) atoms. The van der Waals surface area contributed by atoms with Crippen LogP contribution in [0.25, 0.3) is 5.69 Å². The molecule has 0 atom stereocenters. The summed E-state index contributed by atoms with van der Waals surface area (Å²) in [5, 5.41) is 16.6. The Hall–Kier alpha value is -2.54. The molecule has 1 N–H and O–H groups in total. The van der Waals surface area contributed by atoms with Gasteiger partial charge in [-0.05, 0) is 25.0 Å². The van der Waals surface area contributed by atoms with Gasteiger partial charge in [0, 0.05) is 0 Å². The number of nitrogens with zero attached hydrogens (tertiary/aromatic N) is 4. The first-order chi connectivity index (χ1) is 11.2. The minimum Gasteiger partial charge on any atom is -0.296 e. The Morgan fingerprint density at radius 1 is 1.17 bits per heavy atom. The molecule has 3 aromatic rings. The van der Waals surface area contributed by atoms with Crippen molar-refractivity contribution < 1.29 is 4.79 Å². The van der Waals surface area contributed by atoms with Crippen molar-refractivity contribution in [2.75, 3.05) is 5.32 Å². The highest BCUT2D eigenvalue weighted by atomic mass is 32.1. The highest BCUT2D eigenvalue weighted by Crippen LogP contribution is 2.19. The third-order valence-corrected chi connectivity index (χ3v) is 4.42. The quantitative estimate of drug-likeness (QED) is 0.781. The first kappa shape index (κ1) is 15.4. The molecule has 7 heteroatoms. The average Bonchev–Trinajstić information content (AvgIpc) is 3.21. The first-order valence-corrected chi connectivity index (χ1v) is 8.30. The van der Waals surface area contributed by atoms with Gasteiger partial charge >= 0.3 is 0 Å². The minimum absolute atomic E-state index is 0.206. The maximum absolute atomic E-state index is 12.5. The molecular formula is C16H17N5OS. The molecular weight excluding hydrogens is 310 g/mol. The van der Waals surface area contributed by atoms with Gasteiger partial charge in [-0.15, -0.1) is 10.2 Å². The predicted octanol–water partition coefficient (Wildman–Crippen LogP) is 3.10. The van der Waals surface area contributed by atoms with E-state index in [0.717, 1.165) is 22.8 Å². The molecule has 0 saturated carbocycles. The summed E-state index contributed by atoms with van der Waals surface area (Å²) in [7, 11) is 0. The molecule has 0 aliphatic carbocycles. The van der Waals surface area contributed by atoms with Gasteiger partial charge in [-0.3, -0.25) is 10.1 Å². The van der Waals surface area contributed by atoms with Crippen LogP contribution in [0, 0.1) is 0 Å². The fraction of sp³-hybridized carbons (Fsp3) is 0.250. The number of aromatic nitrogens is 4. The standard InChI is InChI=1S/C16H17N5OS/c1-3-13-12(10-17-21(13)11-8-6-5-7-9-11)15(22)18-16-20-19-14(4-2)23-16/h5-10H,3-4H2,1-2H3,(H,18,20,22). The van der Waals surface area contributed by atoms with Gasteiger partial charge in [0.15, 0.2) is 0 Å². The average molecular weight is 327 g/mol. The Bertz CT molecular complexity index is 809. The number of carbonyl (C=O) groups is 1. The van der Waals surface area contributed by atoms with Crippen molar-refractivity contribution in [3.8, 4) is 5.69 Å². The summed E-state index contributed by atoms with van der Waals surface area (Å²) < 4.78 is 1.80. The van der Waals surface area contributed by atoms with Gasteiger partial charge in [0.25, 0.3) is 5.91 Å². The van der Waals surface area contributed by atoms with Crippen LogP contribution in [0.15, 0.2) is 36.5 Å². The third-order valence-electron chi connectivity index (χ3n) is 3.44. The van der Waals surface area contributed by atoms with Crippen LogP contribution < -0.4 is 5.32 Å². The summed E-state index contributed by atoms with van der Waals surface area (Å²) in [6.45, 7) is 4.01. The van der Waals surface area contributed by atoms with E-state index in [2.05, 4.69) is 20.6 Å². The predicted molar refractivity (Wildman–Crippen MR) is 90.2 cm³/mol. The highest BCUT2D eigenvalue weighted by Gasteiger charge is 2.18. The Morgan fingerprint density at radius 3 is 2.61 bits per heavy atom. The van der Waals surface area contributed by atoms with Crippen molar-refractivity contribution in [1.82, 2.24) is 20.0 Å². The number of hydrogen-bond donors (Lipinski definition) is 1. The smallest absolute Gasteiger partial charge is 0.260 e. The molecule has 0 unspecified atom stereocenters. The molecule has 0 aliphatic heterocycles. The molecule has 2 heterocycles. The number of benzene rings is 1. The Labute approximate surface area is 138 Å². The second kappa shape index (κ2) is 6.70. The summed E-state index contributed by atoms with van der Waals surface area (Å²) in [6, 6.07) is 9.78. The highest BCUT2D eigenvalue weighted by molar-refractivity contribution is 7.15. The molecule has 118 valence electrons. The second-order valence-corrected chi connectivity index (χ2v) is 5.98. The van der Waals surface area contributed by atoms with Crippen LogP contribution in [-0.2, 0) is 12.8 Å². The normalized spacial score (nSPS) is 10.7. The molecule has 0 saturated heterocycles. The van der Waals surface area contributed by atoms with Crippen LogP contribution in [0.4, 0.5) is 5.13 Å². The van der Waals surface area contributed by atoms with Crippen LogP contribution in [0.1, 0.15) is 34.9 Å². The number of nitrogens with one attached hydrogen (secondary N) is 1. The lowest BCUT2D eigenvalue weighted by atomic mass is 10.2. The number of carbonyl (C=O) groups excluding carboxylic acids is 1. The van der Waals surface area contributed by atoms with Crippen molar-refractivity contribution in [3.05, 3.63) is 52.8 Å². The Balaban J connectivity index is 1.88. The zero-order chi connectivity index (χ0) is 16.2. The van der Waals surface area contributed by atoms with Gasteiger partial charge in [-0.1, -0.05) is 43.4 Å². The lowest BCUT2D eigenvalue weighted by molar-refractivity contribution is 0.102. The summed E-state index contributed by atoms with van der Waals surface area (Å²) in [5.74, 6) is -0.206. The Kier molecular flexibility index (Phi) is 4.47. The van der Waals surface area contributed by atoms with Gasteiger partial charge in [0.05, 0.1) is 23.1 Å². The third kappa shape index (κ3) is 3.14. The van der Waals surface area contributed by atoms with Crippen molar-refractivity contribution >= 4 is 22.4 Å². The van der Waals surface area contributed by atoms with E-state index in [9.17, 15) is 4.79 Å². The number of para-hydroxylation sites is 1. The second-order valence-electron chi connectivity index (χ2n) is 4.91. The van der Waals surface area contributed by atoms with E-state index in [4.69, 9.17) is 0 Å². The first-order valence-electron chi connectivity index (χ1n) is 7.49. The van der Waals surface area contributed by atoms with Crippen LogP contribution in [0.5, 0.6) is 0 Å². The lowest BCUT2D eigenvalue weighted by Crippen LogP contribution is -2.14. The maximum atomic E-state index is 12.5. The van der Waals surface area contributed by atoms with Gasteiger partial charge in [0.1, 0.15) is 5.01 Å². The minimum atomic E-state index is -0.206. The largest absolute Gasteiger partial charge is 0.296 e. The number of aryl methyl sites for hydroxylation is 1. The fourth-order valence-corrected chi connectivity index (χ4v) is 2.98. The zero-order valence-corrected chi connectivity index (χ0v) is 13.8. The summed E-state index contributed by atoms with van der Waals surface area (Å²) in [6.07, 6.45) is 3.11. The van der Waals surface area contributed by atoms with Crippen molar-refractivity contribution in [2.24, 2.45) is 0 Å².